The molecule has 0 radical (unpaired) electrons. The van der Waals surface area contributed by atoms with Gasteiger partial charge < -0.3 is 29.1 Å². The van der Waals surface area contributed by atoms with Crippen LogP contribution in [0.15, 0.2) is 59.1 Å². The van der Waals surface area contributed by atoms with Gasteiger partial charge in [-0.3, -0.25) is 9.78 Å². The predicted molar refractivity (Wildman–Crippen MR) is 140 cm³/mol. The highest BCUT2D eigenvalue weighted by Gasteiger charge is 2.18. The minimum absolute atomic E-state index is 0.0256. The lowest BCUT2D eigenvalue weighted by Crippen LogP contribution is -2.21. The summed E-state index contributed by atoms with van der Waals surface area (Å²) in [5, 5.41) is 0.780. The summed E-state index contributed by atoms with van der Waals surface area (Å²) >= 11 is 0. The van der Waals surface area contributed by atoms with Gasteiger partial charge in [-0.25, -0.2) is 4.39 Å². The van der Waals surface area contributed by atoms with Crippen LogP contribution in [0, 0.1) is 5.82 Å². The summed E-state index contributed by atoms with van der Waals surface area (Å²) in [6, 6.07) is 14.5. The molecule has 1 unspecified atom stereocenters. The molecule has 0 aliphatic rings. The zero-order chi connectivity index (χ0) is 27.1. The molecule has 38 heavy (non-hydrogen) atoms. The van der Waals surface area contributed by atoms with Crippen LogP contribution in [0.5, 0.6) is 5.75 Å². The van der Waals surface area contributed by atoms with E-state index in [9.17, 15) is 4.79 Å². The maximum absolute atomic E-state index is 15.2. The van der Waals surface area contributed by atoms with Crippen LogP contribution in [0.1, 0.15) is 29.5 Å². The van der Waals surface area contributed by atoms with Gasteiger partial charge in [-0.15, -0.1) is 0 Å². The number of carbonyl (C=O) groups is 1. The van der Waals surface area contributed by atoms with E-state index >= 15 is 4.39 Å². The van der Waals surface area contributed by atoms with Crippen molar-refractivity contribution in [3.8, 4) is 16.9 Å². The minimum Gasteiger partial charge on any atom is -0.489 e. The Morgan fingerprint density at radius 2 is 1.89 bits per heavy atom. The van der Waals surface area contributed by atoms with Gasteiger partial charge in [0.15, 0.2) is 5.82 Å². The predicted octanol–water partition coefficient (Wildman–Crippen LogP) is 4.94. The monoisotopic (exact) mass is 522 g/mol. The largest absolute Gasteiger partial charge is 0.489 e. The van der Waals surface area contributed by atoms with Crippen molar-refractivity contribution in [2.75, 3.05) is 20.8 Å². The van der Waals surface area contributed by atoms with Gasteiger partial charge >= 0.3 is 5.97 Å². The number of nitrogens with two attached hydrogens (primary N) is 1. The van der Waals surface area contributed by atoms with Crippen molar-refractivity contribution < 1.29 is 32.5 Å². The second-order valence-corrected chi connectivity index (χ2v) is 8.86. The Balaban J connectivity index is 1.63. The smallest absolute Gasteiger partial charge is 0.310 e. The van der Waals surface area contributed by atoms with E-state index in [4.69, 9.17) is 29.1 Å². The number of ether oxygens (including phenoxy) is 4. The average Bonchev–Trinajstić information content (AvgIpc) is 3.30. The number of aromatic nitrogens is 1. The number of furan rings is 1. The summed E-state index contributed by atoms with van der Waals surface area (Å²) in [7, 11) is 3.13. The maximum Gasteiger partial charge on any atom is 0.310 e. The Morgan fingerprint density at radius 3 is 2.66 bits per heavy atom. The summed E-state index contributed by atoms with van der Waals surface area (Å²) in [5.74, 6) is 0.299. The fourth-order valence-electron chi connectivity index (χ4n) is 4.24. The summed E-state index contributed by atoms with van der Waals surface area (Å²) in [4.78, 5) is 16.4. The number of carbonyl (C=O) groups excluding carboxylic acids is 1. The number of hydrogen-bond donors (Lipinski definition) is 1. The second-order valence-electron chi connectivity index (χ2n) is 8.86. The molecule has 9 heteroatoms. The van der Waals surface area contributed by atoms with Crippen LogP contribution in [-0.4, -0.2) is 37.9 Å². The molecule has 0 saturated heterocycles. The first-order valence-electron chi connectivity index (χ1n) is 12.2. The highest BCUT2D eigenvalue weighted by molar-refractivity contribution is 5.93. The molecule has 2 aromatic carbocycles. The van der Waals surface area contributed by atoms with Gasteiger partial charge in [-0.2, -0.15) is 0 Å². The molecular weight excluding hydrogens is 491 g/mol. The van der Waals surface area contributed by atoms with Crippen molar-refractivity contribution in [2.24, 2.45) is 5.73 Å². The number of para-hydroxylation sites is 1. The third kappa shape index (κ3) is 6.36. The molecule has 0 bridgehead atoms. The number of benzene rings is 2. The molecule has 1 atom stereocenters. The first-order valence-corrected chi connectivity index (χ1v) is 12.2. The normalized spacial score (nSPS) is 12.0. The maximum atomic E-state index is 15.2. The molecule has 0 aliphatic heterocycles. The third-order valence-corrected chi connectivity index (χ3v) is 5.89. The van der Waals surface area contributed by atoms with Crippen LogP contribution in [0.3, 0.4) is 0 Å². The van der Waals surface area contributed by atoms with Gasteiger partial charge in [0.1, 0.15) is 36.4 Å². The standard InChI is InChI=1S/C29H31FN2O6/c1-18(15-34-2)37-27(33)13-20-6-4-5-7-26(20)36-16-19-10-21-12-22(17-35-3)38-29(21)24(11-19)23-8-9-32-25(14-31)28(23)30/h4-12,18H,13-17,31H2,1-3H3. The molecule has 0 spiro atoms. The van der Waals surface area contributed by atoms with E-state index in [1.54, 1.807) is 33.3 Å². The van der Waals surface area contributed by atoms with Crippen molar-refractivity contribution >= 4 is 16.9 Å². The number of pyridine rings is 1. The zero-order valence-corrected chi connectivity index (χ0v) is 21.7. The molecule has 0 aliphatic carbocycles. The van der Waals surface area contributed by atoms with E-state index in [1.807, 2.05) is 36.4 Å². The number of hydrogen-bond acceptors (Lipinski definition) is 8. The van der Waals surface area contributed by atoms with E-state index in [0.29, 0.717) is 40.4 Å². The molecule has 200 valence electrons. The Bertz CT molecular complexity index is 1400. The highest BCUT2D eigenvalue weighted by Crippen LogP contribution is 2.35. The van der Waals surface area contributed by atoms with Crippen LogP contribution in [-0.2, 0) is 45.2 Å². The van der Waals surface area contributed by atoms with Crippen LogP contribution >= 0.6 is 0 Å². The third-order valence-electron chi connectivity index (χ3n) is 5.89. The van der Waals surface area contributed by atoms with Crippen LogP contribution in [0.4, 0.5) is 4.39 Å². The van der Waals surface area contributed by atoms with Gasteiger partial charge in [0.25, 0.3) is 0 Å². The lowest BCUT2D eigenvalue weighted by molar-refractivity contribution is -0.149. The fourth-order valence-corrected chi connectivity index (χ4v) is 4.24. The van der Waals surface area contributed by atoms with E-state index < -0.39 is 5.82 Å². The Hall–Kier alpha value is -3.79. The van der Waals surface area contributed by atoms with E-state index in [0.717, 1.165) is 10.9 Å². The molecule has 0 saturated carbocycles. The molecule has 2 N–H and O–H groups in total. The summed E-state index contributed by atoms with van der Waals surface area (Å²) < 4.78 is 43.0. The number of halogens is 1. The molecule has 8 nitrogen and oxygen atoms in total. The van der Waals surface area contributed by atoms with Crippen molar-refractivity contribution in [1.29, 1.82) is 0 Å². The summed E-state index contributed by atoms with van der Waals surface area (Å²) in [6.07, 6.45) is 1.23. The number of fused-ring (bicyclic) bond motifs is 1. The molecule has 0 amide bonds. The van der Waals surface area contributed by atoms with Gasteiger partial charge in [0, 0.05) is 49.0 Å². The zero-order valence-electron chi connectivity index (χ0n) is 21.7. The lowest BCUT2D eigenvalue weighted by atomic mass is 10.00. The van der Waals surface area contributed by atoms with Gasteiger partial charge in [0.05, 0.1) is 18.7 Å². The van der Waals surface area contributed by atoms with Crippen LogP contribution in [0.2, 0.25) is 0 Å². The molecule has 2 heterocycles. The van der Waals surface area contributed by atoms with Crippen LogP contribution in [0.25, 0.3) is 22.1 Å². The van der Waals surface area contributed by atoms with Crippen LogP contribution < -0.4 is 10.5 Å². The molecule has 4 aromatic rings. The minimum atomic E-state index is -0.495. The number of esters is 1. The van der Waals surface area contributed by atoms with Crippen molar-refractivity contribution in [1.82, 2.24) is 4.98 Å². The lowest BCUT2D eigenvalue weighted by Gasteiger charge is -2.15. The molecule has 0 fully saturated rings. The highest BCUT2D eigenvalue weighted by atomic mass is 19.1. The van der Waals surface area contributed by atoms with Crippen molar-refractivity contribution in [2.45, 2.75) is 39.2 Å². The Morgan fingerprint density at radius 1 is 1.08 bits per heavy atom. The fraction of sp³-hybridized carbons (Fsp3) is 0.310. The van der Waals surface area contributed by atoms with Gasteiger partial charge in [-0.1, -0.05) is 18.2 Å². The second kappa shape index (κ2) is 12.6. The Kier molecular flexibility index (Phi) is 9.06. The van der Waals surface area contributed by atoms with Crippen molar-refractivity contribution in [3.63, 3.8) is 0 Å². The van der Waals surface area contributed by atoms with Crippen molar-refractivity contribution in [3.05, 3.63) is 83.1 Å². The number of rotatable bonds is 12. The van der Waals surface area contributed by atoms with E-state index in [2.05, 4.69) is 4.98 Å². The molecule has 2 aromatic heterocycles. The molecule has 4 rings (SSSR count). The van der Waals surface area contributed by atoms with Gasteiger partial charge in [0.2, 0.25) is 0 Å². The molecular formula is C29H31FN2O6. The van der Waals surface area contributed by atoms with E-state index in [-0.39, 0.29) is 43.9 Å². The Labute approximate surface area is 220 Å². The quantitative estimate of drug-likeness (QED) is 0.261. The topological polar surface area (TPSA) is 106 Å². The summed E-state index contributed by atoms with van der Waals surface area (Å²) in [6.45, 7) is 2.52. The SMILES string of the molecule is COCc1cc2cc(COc3ccccc3CC(=O)OC(C)COC)cc(-c3ccnc(CN)c3F)c2o1. The average molecular weight is 523 g/mol. The number of nitrogens with zero attached hydrogens (tertiary/aromatic N) is 1. The first-order chi connectivity index (χ1) is 18.4. The number of methoxy groups -OCH3 is 2. The van der Waals surface area contributed by atoms with Gasteiger partial charge in [-0.05, 0) is 42.8 Å². The summed E-state index contributed by atoms with van der Waals surface area (Å²) in [5.41, 5.74) is 8.75. The first kappa shape index (κ1) is 27.3. The van der Waals surface area contributed by atoms with E-state index in [1.165, 1.54) is 6.20 Å².